The van der Waals surface area contributed by atoms with Crippen molar-refractivity contribution in [2.45, 2.75) is 23.8 Å². The highest BCUT2D eigenvalue weighted by Crippen LogP contribution is 2.28. The Labute approximate surface area is 137 Å². The van der Waals surface area contributed by atoms with E-state index in [-0.39, 0.29) is 17.0 Å². The van der Waals surface area contributed by atoms with Crippen molar-refractivity contribution in [3.8, 4) is 0 Å². The van der Waals surface area contributed by atoms with Crippen LogP contribution >= 0.6 is 11.8 Å². The van der Waals surface area contributed by atoms with Crippen LogP contribution in [0.25, 0.3) is 11.1 Å². The van der Waals surface area contributed by atoms with Crippen LogP contribution in [0.3, 0.4) is 0 Å². The summed E-state index contributed by atoms with van der Waals surface area (Å²) in [5, 5.41) is 2.90. The molecule has 0 fully saturated rings. The van der Waals surface area contributed by atoms with Gasteiger partial charge < -0.3 is 9.73 Å². The van der Waals surface area contributed by atoms with Crippen LogP contribution < -0.4 is 5.32 Å². The molecule has 0 radical (unpaired) electrons. The zero-order valence-corrected chi connectivity index (χ0v) is 13.3. The molecule has 4 nitrogen and oxygen atoms in total. The summed E-state index contributed by atoms with van der Waals surface area (Å²) in [6, 6.07) is 13.1. The number of carbonyl (C=O) groups excluding carboxylic acids is 1. The summed E-state index contributed by atoms with van der Waals surface area (Å²) >= 11 is 1.28. The van der Waals surface area contributed by atoms with E-state index in [1.54, 1.807) is 0 Å². The molecule has 6 heteroatoms. The average molecular weight is 330 g/mol. The molecule has 0 aliphatic carbocycles. The van der Waals surface area contributed by atoms with Crippen molar-refractivity contribution in [1.82, 2.24) is 4.98 Å². The Balaban J connectivity index is 1.71. The molecule has 1 atom stereocenters. The molecular formula is C17H15FN2O2S. The zero-order valence-electron chi connectivity index (χ0n) is 12.5. The molecule has 1 N–H and O–H groups in total. The van der Waals surface area contributed by atoms with E-state index in [1.807, 2.05) is 31.2 Å². The smallest absolute Gasteiger partial charge is 0.257 e. The van der Waals surface area contributed by atoms with Crippen molar-refractivity contribution in [1.29, 1.82) is 0 Å². The van der Waals surface area contributed by atoms with Crippen molar-refractivity contribution in [2.75, 3.05) is 5.32 Å². The Hall–Kier alpha value is -2.34. The molecule has 1 heterocycles. The summed E-state index contributed by atoms with van der Waals surface area (Å²) in [5.74, 6) is -0.498. The Morgan fingerprint density at radius 3 is 2.70 bits per heavy atom. The maximum atomic E-state index is 12.9. The molecule has 3 aromatic rings. The molecule has 0 spiro atoms. The van der Waals surface area contributed by atoms with Crippen LogP contribution in [0.1, 0.15) is 13.3 Å². The molecule has 1 amide bonds. The van der Waals surface area contributed by atoms with Crippen molar-refractivity contribution in [2.24, 2.45) is 0 Å². The highest BCUT2D eigenvalue weighted by atomic mass is 32.2. The predicted molar refractivity (Wildman–Crippen MR) is 89.0 cm³/mol. The summed E-state index contributed by atoms with van der Waals surface area (Å²) < 4.78 is 18.5. The fourth-order valence-corrected chi connectivity index (χ4v) is 2.97. The first-order chi connectivity index (χ1) is 11.2. The second-order valence-electron chi connectivity index (χ2n) is 4.96. The zero-order chi connectivity index (χ0) is 16.2. The lowest BCUT2D eigenvalue weighted by Gasteiger charge is -2.12. The van der Waals surface area contributed by atoms with Gasteiger partial charge in [-0.15, -0.1) is 0 Å². The van der Waals surface area contributed by atoms with E-state index in [1.165, 1.54) is 36.0 Å². The van der Waals surface area contributed by atoms with Gasteiger partial charge in [0.15, 0.2) is 5.58 Å². The SMILES string of the molecule is CCC(Sc1nc2ccccc2o1)C(=O)Nc1ccc(F)cc1. The summed E-state index contributed by atoms with van der Waals surface area (Å²) in [7, 11) is 0. The summed E-state index contributed by atoms with van der Waals surface area (Å²) in [6.07, 6.45) is 0.621. The minimum Gasteiger partial charge on any atom is -0.431 e. The summed E-state index contributed by atoms with van der Waals surface area (Å²) in [6.45, 7) is 1.92. The number of amides is 1. The summed E-state index contributed by atoms with van der Waals surface area (Å²) in [5.41, 5.74) is 2.03. The van der Waals surface area contributed by atoms with Gasteiger partial charge in [0.25, 0.3) is 5.22 Å². The third-order valence-electron chi connectivity index (χ3n) is 3.29. The van der Waals surface area contributed by atoms with Crippen LogP contribution in [0.15, 0.2) is 58.2 Å². The van der Waals surface area contributed by atoms with E-state index in [9.17, 15) is 9.18 Å². The fourth-order valence-electron chi connectivity index (χ4n) is 2.10. The standard InChI is InChI=1S/C17H15FN2O2S/c1-2-15(16(21)19-12-9-7-11(18)8-10-12)23-17-20-13-5-3-4-6-14(13)22-17/h3-10,15H,2H2,1H3,(H,19,21). The van der Waals surface area contributed by atoms with Crippen molar-refractivity contribution >= 4 is 34.5 Å². The molecule has 23 heavy (non-hydrogen) atoms. The topological polar surface area (TPSA) is 55.1 Å². The third-order valence-corrected chi connectivity index (χ3v) is 4.50. The number of thioether (sulfide) groups is 1. The largest absolute Gasteiger partial charge is 0.431 e. The van der Waals surface area contributed by atoms with E-state index in [0.29, 0.717) is 22.9 Å². The third kappa shape index (κ3) is 3.71. The lowest BCUT2D eigenvalue weighted by atomic mass is 10.2. The van der Waals surface area contributed by atoms with Crippen LogP contribution in [-0.2, 0) is 4.79 Å². The molecule has 0 aliphatic heterocycles. The number of rotatable bonds is 5. The van der Waals surface area contributed by atoms with E-state index < -0.39 is 0 Å². The van der Waals surface area contributed by atoms with Crippen molar-refractivity contribution in [3.63, 3.8) is 0 Å². The number of aromatic nitrogens is 1. The normalized spacial score (nSPS) is 12.3. The molecule has 0 saturated heterocycles. The number of nitrogens with zero attached hydrogens (tertiary/aromatic N) is 1. The Kier molecular flexibility index (Phi) is 4.62. The van der Waals surface area contributed by atoms with Gasteiger partial charge in [0, 0.05) is 5.69 Å². The van der Waals surface area contributed by atoms with Crippen LogP contribution in [0.4, 0.5) is 10.1 Å². The van der Waals surface area contributed by atoms with Gasteiger partial charge in [0.1, 0.15) is 11.3 Å². The van der Waals surface area contributed by atoms with Gasteiger partial charge >= 0.3 is 0 Å². The van der Waals surface area contributed by atoms with Gasteiger partial charge in [-0.1, -0.05) is 30.8 Å². The highest BCUT2D eigenvalue weighted by molar-refractivity contribution is 8.00. The first-order valence-electron chi connectivity index (χ1n) is 7.24. The lowest BCUT2D eigenvalue weighted by Crippen LogP contribution is -2.24. The second kappa shape index (κ2) is 6.83. The second-order valence-corrected chi connectivity index (χ2v) is 6.11. The van der Waals surface area contributed by atoms with E-state index in [2.05, 4.69) is 10.3 Å². The number of hydrogen-bond donors (Lipinski definition) is 1. The maximum absolute atomic E-state index is 12.9. The lowest BCUT2D eigenvalue weighted by molar-refractivity contribution is -0.115. The van der Waals surface area contributed by atoms with Gasteiger partial charge in [0.05, 0.1) is 5.25 Å². The average Bonchev–Trinajstić information content (AvgIpc) is 2.97. The quantitative estimate of drug-likeness (QED) is 0.701. The van der Waals surface area contributed by atoms with Gasteiger partial charge in [-0.25, -0.2) is 9.37 Å². The number of hydrogen-bond acceptors (Lipinski definition) is 4. The first-order valence-corrected chi connectivity index (χ1v) is 8.12. The number of halogens is 1. The van der Waals surface area contributed by atoms with E-state index in [4.69, 9.17) is 4.42 Å². The van der Waals surface area contributed by atoms with Crippen LogP contribution in [0, 0.1) is 5.82 Å². The number of fused-ring (bicyclic) bond motifs is 1. The van der Waals surface area contributed by atoms with Gasteiger partial charge in [-0.3, -0.25) is 4.79 Å². The maximum Gasteiger partial charge on any atom is 0.257 e. The molecule has 0 saturated carbocycles. The molecule has 1 aromatic heterocycles. The first kappa shape index (κ1) is 15.6. The predicted octanol–water partition coefficient (Wildman–Crippen LogP) is 4.48. The van der Waals surface area contributed by atoms with Crippen molar-refractivity contribution in [3.05, 3.63) is 54.3 Å². The molecule has 0 aliphatic rings. The molecule has 3 rings (SSSR count). The van der Waals surface area contributed by atoms with Crippen LogP contribution in [0.5, 0.6) is 0 Å². The number of benzene rings is 2. The number of anilines is 1. The molecular weight excluding hydrogens is 315 g/mol. The fraction of sp³-hybridized carbons (Fsp3) is 0.176. The minimum atomic E-state index is -0.340. The number of carbonyl (C=O) groups is 1. The number of nitrogens with one attached hydrogen (secondary N) is 1. The van der Waals surface area contributed by atoms with Gasteiger partial charge in [-0.05, 0) is 42.8 Å². The van der Waals surface area contributed by atoms with Gasteiger partial charge in [-0.2, -0.15) is 0 Å². The van der Waals surface area contributed by atoms with Crippen molar-refractivity contribution < 1.29 is 13.6 Å². The molecule has 2 aromatic carbocycles. The molecule has 1 unspecified atom stereocenters. The van der Waals surface area contributed by atoms with E-state index in [0.717, 1.165) is 5.52 Å². The molecule has 118 valence electrons. The Morgan fingerprint density at radius 1 is 1.26 bits per heavy atom. The number of oxazole rings is 1. The van der Waals surface area contributed by atoms with Gasteiger partial charge in [0.2, 0.25) is 5.91 Å². The summed E-state index contributed by atoms with van der Waals surface area (Å²) in [4.78, 5) is 16.7. The highest BCUT2D eigenvalue weighted by Gasteiger charge is 2.21. The Morgan fingerprint density at radius 2 is 2.00 bits per heavy atom. The van der Waals surface area contributed by atoms with Crippen LogP contribution in [0.2, 0.25) is 0 Å². The Bertz CT molecular complexity index is 784. The number of para-hydroxylation sites is 2. The van der Waals surface area contributed by atoms with E-state index >= 15 is 0 Å². The molecule has 0 bridgehead atoms. The monoisotopic (exact) mass is 330 g/mol. The minimum absolute atomic E-state index is 0.161. The van der Waals surface area contributed by atoms with Crippen LogP contribution in [-0.4, -0.2) is 16.1 Å².